The van der Waals surface area contributed by atoms with Crippen molar-refractivity contribution in [2.75, 3.05) is 0 Å². The molecule has 0 fully saturated rings. The van der Waals surface area contributed by atoms with Gasteiger partial charge in [-0.25, -0.2) is 0 Å². The van der Waals surface area contributed by atoms with Crippen LogP contribution in [0.3, 0.4) is 0 Å². The molecule has 6 heteroatoms. The molecule has 18 heavy (non-hydrogen) atoms. The van der Waals surface area contributed by atoms with Crippen LogP contribution >= 0.6 is 0 Å². The quantitative estimate of drug-likeness (QED) is 0.425. The summed E-state index contributed by atoms with van der Waals surface area (Å²) in [6, 6.07) is 14.5. The van der Waals surface area contributed by atoms with Gasteiger partial charge >= 0.3 is 14.9 Å². The van der Waals surface area contributed by atoms with E-state index in [-0.39, 0.29) is 0 Å². The van der Waals surface area contributed by atoms with Crippen LogP contribution in [-0.2, 0) is 0 Å². The molecule has 1 aromatic heterocycles. The number of nitrogens with zero attached hydrogens (tertiary/aromatic N) is 1. The highest BCUT2D eigenvalue weighted by Gasteiger charge is 2.41. The fourth-order valence-corrected chi connectivity index (χ4v) is 1.27. The zero-order valence-electron chi connectivity index (χ0n) is 9.73. The fraction of sp³-hybridized carbons (Fsp3) is 0.0833. The second-order valence-corrected chi connectivity index (χ2v) is 4.60. The zero-order chi connectivity index (χ0) is 13.6. The van der Waals surface area contributed by atoms with Crippen molar-refractivity contribution in [3.05, 3.63) is 60.4 Å². The predicted octanol–water partition coefficient (Wildman–Crippen LogP) is 3.57. The van der Waals surface area contributed by atoms with Crippen molar-refractivity contribution in [2.24, 2.45) is 0 Å². The lowest BCUT2D eigenvalue weighted by atomic mass is 10.3. The van der Waals surface area contributed by atoms with E-state index >= 15 is 0 Å². The number of hydrogen-bond acceptors (Lipinski definition) is 0. The summed E-state index contributed by atoms with van der Waals surface area (Å²) in [6.07, 6.45) is 4.15. The maximum Gasteiger partial charge on any atom is 1.04 e. The van der Waals surface area contributed by atoms with Crippen molar-refractivity contribution in [3.63, 3.8) is 0 Å². The van der Waals surface area contributed by atoms with Crippen LogP contribution in [0.15, 0.2) is 54.9 Å². The minimum Gasteiger partial charge on any atom is -0.510 e. The molecule has 0 N–H and O–H groups in total. The number of rotatable bonds is 1. The van der Waals surface area contributed by atoms with Crippen LogP contribution in [0, 0.1) is 6.92 Å². The monoisotopic (exact) mass is 273 g/mol. The van der Waals surface area contributed by atoms with Gasteiger partial charge in [0.25, 0.3) is 0 Å². The van der Waals surface area contributed by atoms with Gasteiger partial charge < -0.3 is 14.1 Å². The van der Waals surface area contributed by atoms with Crippen molar-refractivity contribution in [3.8, 4) is 5.69 Å². The molecule has 0 amide bonds. The summed E-state index contributed by atoms with van der Waals surface area (Å²) in [6.45, 7) is 2.09. The average molecular weight is 273 g/mol. The standard InChI is InChI=1S/C12H12N.Al.4FH/c1-11-7-9-13(10-8-11)12-5-3-2-4-6-12;;;;;/h2-10H,1H3;;4*1H/q+1;+3;;;;/p-4. The van der Waals surface area contributed by atoms with Crippen molar-refractivity contribution in [2.45, 2.75) is 6.92 Å². The highest BCUT2D eigenvalue weighted by atomic mass is 27.5. The molecule has 0 spiro atoms. The number of aryl methyl sites for hydroxylation is 1. The van der Waals surface area contributed by atoms with Gasteiger partial charge in [-0.2, -0.15) is 4.57 Å². The molecule has 2 rings (SSSR count). The average Bonchev–Trinajstić information content (AvgIpc) is 2.29. The third-order valence-corrected chi connectivity index (χ3v) is 2.05. The van der Waals surface area contributed by atoms with Crippen molar-refractivity contribution in [1.82, 2.24) is 0 Å². The number of hydrogen-bond donors (Lipinski definition) is 0. The number of para-hydroxylation sites is 1. The lowest BCUT2D eigenvalue weighted by Crippen LogP contribution is -2.28. The first-order valence-corrected chi connectivity index (χ1v) is 7.01. The van der Waals surface area contributed by atoms with Gasteiger partial charge in [0.15, 0.2) is 12.4 Å². The number of pyridine rings is 1. The van der Waals surface area contributed by atoms with Gasteiger partial charge in [-0.05, 0) is 12.5 Å². The van der Waals surface area contributed by atoms with E-state index in [4.69, 9.17) is 0 Å². The summed E-state index contributed by atoms with van der Waals surface area (Å²) in [4.78, 5) is 0. The first kappa shape index (κ1) is 14.7. The summed E-state index contributed by atoms with van der Waals surface area (Å²) in [5.41, 5.74) is 2.48. The van der Waals surface area contributed by atoms with E-state index < -0.39 is 14.9 Å². The summed E-state index contributed by atoms with van der Waals surface area (Å²) >= 11 is -6.83. The molecule has 0 aliphatic heterocycles. The summed E-state index contributed by atoms with van der Waals surface area (Å²) in [5.74, 6) is 0. The van der Waals surface area contributed by atoms with Crippen molar-refractivity contribution >= 4 is 14.9 Å². The molecule has 0 radical (unpaired) electrons. The van der Waals surface area contributed by atoms with Gasteiger partial charge in [-0.15, -0.1) is 0 Å². The molecular weight excluding hydrogens is 261 g/mol. The Hall–Kier alpha value is -1.38. The highest BCUT2D eigenvalue weighted by Crippen LogP contribution is 2.06. The summed E-state index contributed by atoms with van der Waals surface area (Å²) < 4.78 is 41.5. The summed E-state index contributed by atoms with van der Waals surface area (Å²) in [7, 11) is 0. The Morgan fingerprint density at radius 3 is 1.72 bits per heavy atom. The molecule has 1 heterocycles. The second-order valence-electron chi connectivity index (χ2n) is 3.61. The Morgan fingerprint density at radius 1 is 0.833 bits per heavy atom. The SMILES string of the molecule is Cc1cc[n+](-c2ccccc2)cc1.[F][Al-]([F])([F])[F]. The van der Waals surface area contributed by atoms with E-state index in [0.29, 0.717) is 0 Å². The number of aromatic nitrogens is 1. The smallest absolute Gasteiger partial charge is 0.510 e. The molecule has 2 aromatic rings. The van der Waals surface area contributed by atoms with Crippen LogP contribution in [0.5, 0.6) is 0 Å². The van der Waals surface area contributed by atoms with Gasteiger partial charge in [0, 0.05) is 24.3 Å². The van der Waals surface area contributed by atoms with Crippen LogP contribution in [0.2, 0.25) is 0 Å². The van der Waals surface area contributed by atoms with Crippen LogP contribution in [0.4, 0.5) is 14.1 Å². The van der Waals surface area contributed by atoms with Gasteiger partial charge in [0.05, 0.1) is 0 Å². The largest absolute Gasteiger partial charge is 1.04 e. The third kappa shape index (κ3) is 6.38. The van der Waals surface area contributed by atoms with Gasteiger partial charge in [-0.1, -0.05) is 18.2 Å². The molecule has 0 atom stereocenters. The van der Waals surface area contributed by atoms with Gasteiger partial charge in [-0.3, -0.25) is 0 Å². The van der Waals surface area contributed by atoms with Gasteiger partial charge in [0.1, 0.15) is 0 Å². The summed E-state index contributed by atoms with van der Waals surface area (Å²) in [5, 5.41) is 0. The molecule has 1 nitrogen and oxygen atoms in total. The molecule has 1 aromatic carbocycles. The van der Waals surface area contributed by atoms with Crippen LogP contribution in [0.1, 0.15) is 5.56 Å². The Morgan fingerprint density at radius 2 is 1.28 bits per heavy atom. The van der Waals surface area contributed by atoms with Crippen LogP contribution < -0.4 is 4.57 Å². The highest BCUT2D eigenvalue weighted by molar-refractivity contribution is 6.50. The van der Waals surface area contributed by atoms with Crippen molar-refractivity contribution in [1.29, 1.82) is 0 Å². The Labute approximate surface area is 107 Å². The molecule has 0 unspecified atom stereocenters. The minimum absolute atomic E-state index is 1.20. The Bertz CT molecular complexity index is 462. The molecule has 0 aliphatic rings. The van der Waals surface area contributed by atoms with E-state index in [1.807, 2.05) is 18.2 Å². The lowest BCUT2D eigenvalue weighted by Gasteiger charge is -1.94. The minimum atomic E-state index is -6.83. The Kier molecular flexibility index (Phi) is 5.32. The van der Waals surface area contributed by atoms with E-state index in [0.717, 1.165) is 0 Å². The third-order valence-electron chi connectivity index (χ3n) is 2.05. The first-order valence-electron chi connectivity index (χ1n) is 5.27. The molecule has 0 saturated heterocycles. The van der Waals surface area contributed by atoms with E-state index in [2.05, 4.69) is 48.1 Å². The maximum atomic E-state index is 9.85. The maximum absolute atomic E-state index is 9.85. The number of halogens is 4. The zero-order valence-corrected chi connectivity index (χ0v) is 10.9. The predicted molar refractivity (Wildman–Crippen MR) is 62.9 cm³/mol. The van der Waals surface area contributed by atoms with Crippen molar-refractivity contribution < 1.29 is 18.7 Å². The van der Waals surface area contributed by atoms with E-state index in [1.54, 1.807) is 0 Å². The van der Waals surface area contributed by atoms with Gasteiger partial charge in [0.2, 0.25) is 5.69 Å². The second kappa shape index (κ2) is 6.53. The number of benzene rings is 1. The Balaban J connectivity index is 0.000000280. The van der Waals surface area contributed by atoms with E-state index in [1.165, 1.54) is 11.3 Å². The fourth-order valence-electron chi connectivity index (χ4n) is 1.27. The van der Waals surface area contributed by atoms with Crippen LogP contribution in [-0.4, -0.2) is 14.9 Å². The molecule has 96 valence electrons. The topological polar surface area (TPSA) is 3.88 Å². The molecular formula is C12H12AlF4N. The van der Waals surface area contributed by atoms with Crippen LogP contribution in [0.25, 0.3) is 5.69 Å². The normalized spacial score (nSPS) is 10.5. The molecule has 0 aliphatic carbocycles. The molecule has 0 saturated carbocycles. The lowest BCUT2D eigenvalue weighted by molar-refractivity contribution is -0.595. The molecule has 0 bridgehead atoms. The first-order chi connectivity index (χ1) is 8.36. The van der Waals surface area contributed by atoms with E-state index in [9.17, 15) is 14.1 Å².